The van der Waals surface area contributed by atoms with Gasteiger partial charge in [-0.05, 0) is 30.7 Å². The Hall–Kier alpha value is -2.17. The van der Waals surface area contributed by atoms with E-state index >= 15 is 0 Å². The Morgan fingerprint density at radius 1 is 1.15 bits per heavy atom. The van der Waals surface area contributed by atoms with E-state index in [2.05, 4.69) is 60.5 Å². The van der Waals surface area contributed by atoms with Crippen LogP contribution >= 0.6 is 0 Å². The maximum atomic E-state index is 12.3. The van der Waals surface area contributed by atoms with E-state index in [4.69, 9.17) is 4.52 Å². The summed E-state index contributed by atoms with van der Waals surface area (Å²) >= 11 is 0. The molecule has 0 bridgehead atoms. The highest BCUT2D eigenvalue weighted by Crippen LogP contribution is 2.28. The third-order valence-electron chi connectivity index (χ3n) is 4.71. The number of aromatic nitrogens is 2. The largest absolute Gasteiger partial charge is 0.354 e. The molecule has 0 saturated carbocycles. The summed E-state index contributed by atoms with van der Waals surface area (Å²) in [5, 5.41) is 7.13. The Morgan fingerprint density at radius 3 is 2.41 bits per heavy atom. The molecule has 1 aromatic carbocycles. The second-order valence-electron chi connectivity index (χ2n) is 9.04. The molecular formula is C22H33N3O2. The van der Waals surface area contributed by atoms with Crippen molar-refractivity contribution in [2.45, 2.75) is 84.1 Å². The molecule has 1 N–H and O–H groups in total. The fourth-order valence-corrected chi connectivity index (χ4v) is 3.23. The molecule has 0 radical (unpaired) electrons. The lowest BCUT2D eigenvalue weighted by molar-refractivity contribution is -0.121. The van der Waals surface area contributed by atoms with Crippen molar-refractivity contribution in [3.8, 4) is 0 Å². The summed E-state index contributed by atoms with van der Waals surface area (Å²) in [5.41, 5.74) is 1.18. The lowest BCUT2D eigenvalue weighted by Crippen LogP contribution is -2.37. The van der Waals surface area contributed by atoms with Gasteiger partial charge in [-0.15, -0.1) is 0 Å². The molecule has 1 aromatic heterocycles. The van der Waals surface area contributed by atoms with Gasteiger partial charge in [0.2, 0.25) is 11.8 Å². The van der Waals surface area contributed by atoms with Crippen molar-refractivity contribution in [3.63, 3.8) is 0 Å². The van der Waals surface area contributed by atoms with Gasteiger partial charge in [0.15, 0.2) is 5.82 Å². The summed E-state index contributed by atoms with van der Waals surface area (Å²) in [7, 11) is 0. The summed E-state index contributed by atoms with van der Waals surface area (Å²) < 4.78 is 5.28. The van der Waals surface area contributed by atoms with Crippen LogP contribution in [0.4, 0.5) is 0 Å². The molecular weight excluding hydrogens is 338 g/mol. The van der Waals surface area contributed by atoms with E-state index in [1.165, 1.54) is 5.56 Å². The second kappa shape index (κ2) is 8.68. The number of amides is 1. The predicted octanol–water partition coefficient (Wildman–Crippen LogP) is 4.56. The van der Waals surface area contributed by atoms with Crippen LogP contribution in [0, 0.1) is 0 Å². The number of rotatable bonds is 8. The van der Waals surface area contributed by atoms with E-state index in [0.29, 0.717) is 31.0 Å². The molecule has 0 aliphatic carbocycles. The summed E-state index contributed by atoms with van der Waals surface area (Å²) in [5.74, 6) is 1.38. The van der Waals surface area contributed by atoms with Crippen LogP contribution in [-0.2, 0) is 22.0 Å². The van der Waals surface area contributed by atoms with Crippen LogP contribution in [0.5, 0.6) is 0 Å². The Balaban J connectivity index is 1.76. The fourth-order valence-electron chi connectivity index (χ4n) is 3.23. The Kier molecular flexibility index (Phi) is 6.79. The molecule has 0 aliphatic heterocycles. The minimum absolute atomic E-state index is 0.0150. The summed E-state index contributed by atoms with van der Waals surface area (Å²) in [4.78, 5) is 16.7. The van der Waals surface area contributed by atoms with Crippen molar-refractivity contribution in [1.82, 2.24) is 15.5 Å². The quantitative estimate of drug-likeness (QED) is 0.738. The highest BCUT2D eigenvalue weighted by atomic mass is 16.5. The van der Waals surface area contributed by atoms with Gasteiger partial charge >= 0.3 is 0 Å². The van der Waals surface area contributed by atoms with E-state index in [1.54, 1.807) is 0 Å². The number of carbonyl (C=O) groups is 1. The average Bonchev–Trinajstić information content (AvgIpc) is 3.04. The molecule has 5 heteroatoms. The van der Waals surface area contributed by atoms with Gasteiger partial charge in [0.25, 0.3) is 0 Å². The Morgan fingerprint density at radius 2 is 1.81 bits per heavy atom. The number of hydrogen-bond acceptors (Lipinski definition) is 4. The standard InChI is InChI=1S/C22H33N3O2/c1-16(15-22(5,6)17-11-8-7-9-12-17)23-18(26)13-10-14-19-24-20(25-27-19)21(2,3)4/h7-9,11-12,16H,10,13-15H2,1-6H3,(H,23,26). The number of carbonyl (C=O) groups excluding carboxylic acids is 1. The predicted molar refractivity (Wildman–Crippen MR) is 108 cm³/mol. The molecule has 1 atom stereocenters. The zero-order valence-electron chi connectivity index (χ0n) is 17.5. The lowest BCUT2D eigenvalue weighted by atomic mass is 9.79. The first kappa shape index (κ1) is 21.1. The highest BCUT2D eigenvalue weighted by Gasteiger charge is 2.24. The molecule has 0 spiro atoms. The number of aryl methyl sites for hydroxylation is 1. The number of benzene rings is 1. The molecule has 1 heterocycles. The van der Waals surface area contributed by atoms with Crippen molar-refractivity contribution >= 4 is 5.91 Å². The first-order chi connectivity index (χ1) is 12.6. The van der Waals surface area contributed by atoms with Gasteiger partial charge in [-0.1, -0.05) is 70.1 Å². The van der Waals surface area contributed by atoms with Crippen LogP contribution in [0.3, 0.4) is 0 Å². The van der Waals surface area contributed by atoms with Crippen molar-refractivity contribution < 1.29 is 9.32 Å². The summed E-state index contributed by atoms with van der Waals surface area (Å²) in [6, 6.07) is 10.5. The van der Waals surface area contributed by atoms with Crippen LogP contribution in [-0.4, -0.2) is 22.1 Å². The molecule has 1 amide bonds. The number of nitrogens with zero attached hydrogens (tertiary/aromatic N) is 2. The monoisotopic (exact) mass is 371 g/mol. The van der Waals surface area contributed by atoms with Crippen LogP contribution in [0.25, 0.3) is 0 Å². The lowest BCUT2D eigenvalue weighted by Gasteiger charge is -2.29. The Labute approximate surface area is 162 Å². The SMILES string of the molecule is CC(CC(C)(C)c1ccccc1)NC(=O)CCCc1nc(C(C)(C)C)no1. The van der Waals surface area contributed by atoms with E-state index in [9.17, 15) is 4.79 Å². The van der Waals surface area contributed by atoms with Gasteiger partial charge in [0.1, 0.15) is 0 Å². The zero-order chi connectivity index (χ0) is 20.1. The smallest absolute Gasteiger partial charge is 0.226 e. The van der Waals surface area contributed by atoms with Crippen LogP contribution in [0.1, 0.15) is 78.1 Å². The van der Waals surface area contributed by atoms with E-state index in [-0.39, 0.29) is 22.8 Å². The normalized spacial score (nSPS) is 13.4. The molecule has 27 heavy (non-hydrogen) atoms. The van der Waals surface area contributed by atoms with Crippen molar-refractivity contribution in [3.05, 3.63) is 47.6 Å². The molecule has 148 valence electrons. The van der Waals surface area contributed by atoms with Gasteiger partial charge in [-0.2, -0.15) is 4.98 Å². The van der Waals surface area contributed by atoms with Gasteiger partial charge < -0.3 is 9.84 Å². The maximum Gasteiger partial charge on any atom is 0.226 e. The van der Waals surface area contributed by atoms with E-state index in [0.717, 1.165) is 6.42 Å². The summed E-state index contributed by atoms with van der Waals surface area (Å²) in [6.45, 7) is 12.6. The topological polar surface area (TPSA) is 68.0 Å². The van der Waals surface area contributed by atoms with Crippen LogP contribution in [0.2, 0.25) is 0 Å². The minimum atomic E-state index is -0.125. The van der Waals surface area contributed by atoms with Crippen molar-refractivity contribution in [1.29, 1.82) is 0 Å². The maximum absolute atomic E-state index is 12.3. The second-order valence-corrected chi connectivity index (χ2v) is 9.04. The molecule has 0 saturated heterocycles. The van der Waals surface area contributed by atoms with Gasteiger partial charge in [0.05, 0.1) is 0 Å². The summed E-state index contributed by atoms with van der Waals surface area (Å²) in [6.07, 6.45) is 2.68. The van der Waals surface area contributed by atoms with Crippen LogP contribution in [0.15, 0.2) is 34.9 Å². The highest BCUT2D eigenvalue weighted by molar-refractivity contribution is 5.76. The average molecular weight is 372 g/mol. The third kappa shape index (κ3) is 6.49. The number of nitrogens with one attached hydrogen (secondary N) is 1. The fraction of sp³-hybridized carbons (Fsp3) is 0.591. The van der Waals surface area contributed by atoms with Crippen molar-refractivity contribution in [2.75, 3.05) is 0 Å². The van der Waals surface area contributed by atoms with Crippen molar-refractivity contribution in [2.24, 2.45) is 0 Å². The first-order valence-electron chi connectivity index (χ1n) is 9.76. The molecule has 1 unspecified atom stereocenters. The van der Waals surface area contributed by atoms with Gasteiger partial charge in [-0.3, -0.25) is 4.79 Å². The molecule has 5 nitrogen and oxygen atoms in total. The first-order valence-corrected chi connectivity index (χ1v) is 9.76. The third-order valence-corrected chi connectivity index (χ3v) is 4.71. The zero-order valence-corrected chi connectivity index (χ0v) is 17.5. The minimum Gasteiger partial charge on any atom is -0.354 e. The van der Waals surface area contributed by atoms with Crippen LogP contribution < -0.4 is 5.32 Å². The van der Waals surface area contributed by atoms with Gasteiger partial charge in [-0.25, -0.2) is 0 Å². The number of hydrogen-bond donors (Lipinski definition) is 1. The van der Waals surface area contributed by atoms with E-state index in [1.807, 2.05) is 26.8 Å². The van der Waals surface area contributed by atoms with E-state index < -0.39 is 0 Å². The molecule has 0 fully saturated rings. The molecule has 2 aromatic rings. The van der Waals surface area contributed by atoms with Gasteiger partial charge in [0, 0.05) is 24.3 Å². The Bertz CT molecular complexity index is 730. The molecule has 0 aliphatic rings. The molecule has 2 rings (SSSR count).